The van der Waals surface area contributed by atoms with Crippen molar-refractivity contribution in [2.75, 3.05) is 0 Å². The second-order valence-electron chi connectivity index (χ2n) is 4.54. The molecule has 1 rings (SSSR count). The van der Waals surface area contributed by atoms with Crippen LogP contribution in [0.4, 0.5) is 0 Å². The van der Waals surface area contributed by atoms with E-state index < -0.39 is 0 Å². The van der Waals surface area contributed by atoms with Gasteiger partial charge in [-0.15, -0.1) is 0 Å². The number of benzene rings is 1. The first kappa shape index (κ1) is 13.5. The van der Waals surface area contributed by atoms with E-state index >= 15 is 0 Å². The van der Waals surface area contributed by atoms with Gasteiger partial charge in [-0.2, -0.15) is 0 Å². The second kappa shape index (κ2) is 5.17. The molecule has 0 amide bonds. The largest absolute Gasteiger partial charge is 0.326 e. The molecule has 4 heteroatoms. The van der Waals surface area contributed by atoms with Gasteiger partial charge in [0.2, 0.25) is 0 Å². The van der Waals surface area contributed by atoms with Gasteiger partial charge in [0.25, 0.3) is 0 Å². The normalized spacial score (nSPS) is 11.6. The molecule has 2 nitrogen and oxygen atoms in total. The van der Waals surface area contributed by atoms with Gasteiger partial charge in [-0.1, -0.05) is 23.2 Å². The predicted molar refractivity (Wildman–Crippen MR) is 68.3 cm³/mol. The number of hydrogen-bond acceptors (Lipinski definition) is 2. The van der Waals surface area contributed by atoms with Gasteiger partial charge in [0, 0.05) is 22.5 Å². The molecule has 0 bridgehead atoms. The molecule has 1 aromatic carbocycles. The van der Waals surface area contributed by atoms with Crippen molar-refractivity contribution in [3.05, 3.63) is 33.8 Å². The van der Waals surface area contributed by atoms with Crippen LogP contribution in [0.2, 0.25) is 10.0 Å². The summed E-state index contributed by atoms with van der Waals surface area (Å²) in [4.78, 5) is 11.9. The van der Waals surface area contributed by atoms with Crippen molar-refractivity contribution in [2.24, 2.45) is 5.73 Å². The monoisotopic (exact) mass is 259 g/mol. The zero-order chi connectivity index (χ0) is 12.3. The molecule has 0 spiro atoms. The predicted octanol–water partition coefficient (Wildman–Crippen LogP) is 3.69. The Morgan fingerprint density at radius 1 is 1.38 bits per heavy atom. The van der Waals surface area contributed by atoms with E-state index in [9.17, 15) is 4.79 Å². The Morgan fingerprint density at radius 3 is 2.56 bits per heavy atom. The minimum atomic E-state index is -0.347. The van der Waals surface area contributed by atoms with E-state index in [1.165, 1.54) is 0 Å². The molecule has 1 aromatic rings. The number of Topliss-reactive ketones (excluding diaryl/α,β-unsaturated/α-hetero) is 1. The van der Waals surface area contributed by atoms with Crippen LogP contribution in [0.25, 0.3) is 0 Å². The molecule has 2 N–H and O–H groups in total. The van der Waals surface area contributed by atoms with Gasteiger partial charge in [0.05, 0.1) is 5.02 Å². The first-order chi connectivity index (χ1) is 7.29. The van der Waals surface area contributed by atoms with E-state index in [-0.39, 0.29) is 11.3 Å². The third-order valence-corrected chi connectivity index (χ3v) is 2.79. The summed E-state index contributed by atoms with van der Waals surface area (Å²) >= 11 is 11.7. The Balaban J connectivity index is 2.77. The van der Waals surface area contributed by atoms with Crippen molar-refractivity contribution >= 4 is 29.0 Å². The van der Waals surface area contributed by atoms with E-state index in [0.29, 0.717) is 28.5 Å². The summed E-state index contributed by atoms with van der Waals surface area (Å²) in [6.07, 6.45) is 0.998. The van der Waals surface area contributed by atoms with Gasteiger partial charge in [0.15, 0.2) is 5.78 Å². The van der Waals surface area contributed by atoms with Crippen LogP contribution in [0.5, 0.6) is 0 Å². The molecule has 0 aliphatic rings. The summed E-state index contributed by atoms with van der Waals surface area (Å²) in [5.41, 5.74) is 5.94. The van der Waals surface area contributed by atoms with E-state index in [0.717, 1.165) is 0 Å². The molecule has 0 heterocycles. The third kappa shape index (κ3) is 4.12. The minimum Gasteiger partial charge on any atom is -0.326 e. The van der Waals surface area contributed by atoms with Gasteiger partial charge >= 0.3 is 0 Å². The Hall–Kier alpha value is -0.570. The highest BCUT2D eigenvalue weighted by molar-refractivity contribution is 6.35. The highest BCUT2D eigenvalue weighted by Gasteiger charge is 2.16. The van der Waals surface area contributed by atoms with Crippen LogP contribution in [0.15, 0.2) is 18.2 Å². The number of carbonyl (C=O) groups excluding carboxylic acids is 1. The summed E-state index contributed by atoms with van der Waals surface area (Å²) in [6.45, 7) is 3.78. The van der Waals surface area contributed by atoms with E-state index in [1.807, 2.05) is 13.8 Å². The molecule has 88 valence electrons. The number of carbonyl (C=O) groups is 1. The third-order valence-electron chi connectivity index (χ3n) is 2.23. The summed E-state index contributed by atoms with van der Waals surface area (Å²) < 4.78 is 0. The Kier molecular flexibility index (Phi) is 4.36. The van der Waals surface area contributed by atoms with Gasteiger partial charge in [-0.3, -0.25) is 4.79 Å². The fourth-order valence-corrected chi connectivity index (χ4v) is 1.68. The van der Waals surface area contributed by atoms with Crippen molar-refractivity contribution in [1.29, 1.82) is 0 Å². The average Bonchev–Trinajstić information content (AvgIpc) is 2.17. The molecule has 0 aliphatic heterocycles. The molecule has 0 radical (unpaired) electrons. The lowest BCUT2D eigenvalue weighted by molar-refractivity contribution is 0.0973. The fourth-order valence-electron chi connectivity index (χ4n) is 1.28. The van der Waals surface area contributed by atoms with Crippen LogP contribution >= 0.6 is 23.2 Å². The molecule has 16 heavy (non-hydrogen) atoms. The van der Waals surface area contributed by atoms with E-state index in [1.54, 1.807) is 18.2 Å². The van der Waals surface area contributed by atoms with Gasteiger partial charge in [0.1, 0.15) is 0 Å². The summed E-state index contributed by atoms with van der Waals surface area (Å²) in [5, 5.41) is 0.948. The molecule has 0 aliphatic carbocycles. The lowest BCUT2D eigenvalue weighted by atomic mass is 9.96. The molecule has 0 atom stereocenters. The van der Waals surface area contributed by atoms with Crippen LogP contribution in [-0.4, -0.2) is 11.3 Å². The molecule has 0 saturated heterocycles. The number of hydrogen-bond donors (Lipinski definition) is 1. The average molecular weight is 260 g/mol. The highest BCUT2D eigenvalue weighted by Crippen LogP contribution is 2.23. The first-order valence-electron chi connectivity index (χ1n) is 5.07. The molecule has 0 aromatic heterocycles. The van der Waals surface area contributed by atoms with Crippen molar-refractivity contribution in [3.63, 3.8) is 0 Å². The maximum absolute atomic E-state index is 11.9. The maximum atomic E-state index is 11.9. The molecule has 0 saturated carbocycles. The minimum absolute atomic E-state index is 0.0222. The maximum Gasteiger partial charge on any atom is 0.164 e. The van der Waals surface area contributed by atoms with Crippen LogP contribution in [-0.2, 0) is 0 Å². The number of halogens is 2. The quantitative estimate of drug-likeness (QED) is 0.839. The van der Waals surface area contributed by atoms with Crippen LogP contribution < -0.4 is 5.73 Å². The summed E-state index contributed by atoms with van der Waals surface area (Å²) in [6, 6.07) is 4.88. The Morgan fingerprint density at radius 2 is 2.00 bits per heavy atom. The first-order valence-corrected chi connectivity index (χ1v) is 5.82. The summed E-state index contributed by atoms with van der Waals surface area (Å²) in [7, 11) is 0. The second-order valence-corrected chi connectivity index (χ2v) is 5.38. The van der Waals surface area contributed by atoms with Crippen LogP contribution in [0.1, 0.15) is 37.0 Å². The zero-order valence-corrected chi connectivity index (χ0v) is 10.9. The summed E-state index contributed by atoms with van der Waals surface area (Å²) in [5.74, 6) is -0.0222. The molecule has 0 unspecified atom stereocenters. The fraction of sp³-hybridized carbons (Fsp3) is 0.417. The molecular weight excluding hydrogens is 245 g/mol. The van der Waals surface area contributed by atoms with Crippen LogP contribution in [0, 0.1) is 0 Å². The SMILES string of the molecule is CC(C)(N)CCC(=O)c1cc(Cl)ccc1Cl. The topological polar surface area (TPSA) is 43.1 Å². The molecule has 0 fully saturated rings. The lowest BCUT2D eigenvalue weighted by Crippen LogP contribution is -2.32. The van der Waals surface area contributed by atoms with Crippen molar-refractivity contribution in [3.8, 4) is 0 Å². The number of rotatable bonds is 4. The molecular formula is C12H15Cl2NO. The Bertz CT molecular complexity index is 396. The lowest BCUT2D eigenvalue weighted by Gasteiger charge is -2.17. The van der Waals surface area contributed by atoms with Gasteiger partial charge in [-0.05, 0) is 38.5 Å². The zero-order valence-electron chi connectivity index (χ0n) is 9.39. The Labute approximate surface area is 106 Å². The van der Waals surface area contributed by atoms with E-state index in [4.69, 9.17) is 28.9 Å². The standard InChI is InChI=1S/C12H15Cl2NO/c1-12(2,15)6-5-11(16)9-7-8(13)3-4-10(9)14/h3-4,7H,5-6,15H2,1-2H3. The smallest absolute Gasteiger partial charge is 0.164 e. The van der Waals surface area contributed by atoms with Crippen molar-refractivity contribution in [1.82, 2.24) is 0 Å². The number of ketones is 1. The van der Waals surface area contributed by atoms with Gasteiger partial charge in [-0.25, -0.2) is 0 Å². The van der Waals surface area contributed by atoms with Gasteiger partial charge < -0.3 is 5.73 Å². The van der Waals surface area contributed by atoms with E-state index in [2.05, 4.69) is 0 Å². The van der Waals surface area contributed by atoms with Crippen LogP contribution in [0.3, 0.4) is 0 Å². The number of nitrogens with two attached hydrogens (primary N) is 1. The highest BCUT2D eigenvalue weighted by atomic mass is 35.5. The van der Waals surface area contributed by atoms with Crippen molar-refractivity contribution < 1.29 is 4.79 Å². The van der Waals surface area contributed by atoms with Crippen molar-refractivity contribution in [2.45, 2.75) is 32.2 Å².